The molecule has 0 aliphatic rings. The highest BCUT2D eigenvalue weighted by Crippen LogP contribution is 2.14. The summed E-state index contributed by atoms with van der Waals surface area (Å²) in [5.74, 6) is -0.782. The lowest BCUT2D eigenvalue weighted by Crippen LogP contribution is -2.21. The van der Waals surface area contributed by atoms with Crippen LogP contribution in [0.3, 0.4) is 0 Å². The highest BCUT2D eigenvalue weighted by Gasteiger charge is 2.06. The predicted octanol–water partition coefficient (Wildman–Crippen LogP) is 2.48. The maximum Gasteiger partial charge on any atom is 0.337 e. The van der Waals surface area contributed by atoms with E-state index < -0.39 is 5.97 Å². The second-order valence-corrected chi connectivity index (χ2v) is 5.23. The van der Waals surface area contributed by atoms with E-state index in [1.165, 1.54) is 14.0 Å². The van der Waals surface area contributed by atoms with Crippen molar-refractivity contribution in [1.82, 2.24) is 0 Å². The molecule has 2 aromatic rings. The van der Waals surface area contributed by atoms with Crippen molar-refractivity contribution in [2.45, 2.75) is 6.92 Å². The van der Waals surface area contributed by atoms with E-state index in [2.05, 4.69) is 20.7 Å². The molecule has 2 aromatic carbocycles. The number of carbonyl (C=O) groups is 3. The van der Waals surface area contributed by atoms with Crippen molar-refractivity contribution in [3.05, 3.63) is 54.1 Å². The largest absolute Gasteiger partial charge is 0.465 e. The quantitative estimate of drug-likeness (QED) is 0.702. The molecule has 0 atom stereocenters. The van der Waals surface area contributed by atoms with Gasteiger partial charge in [0, 0.05) is 24.0 Å². The average Bonchev–Trinajstić information content (AvgIpc) is 2.61. The predicted molar refractivity (Wildman–Crippen MR) is 95.6 cm³/mol. The summed E-state index contributed by atoms with van der Waals surface area (Å²) in [4.78, 5) is 34.3. The maximum atomic E-state index is 12.0. The summed E-state index contributed by atoms with van der Waals surface area (Å²) >= 11 is 0. The minimum absolute atomic E-state index is 0.0744. The molecule has 0 bridgehead atoms. The summed E-state index contributed by atoms with van der Waals surface area (Å²) in [6.45, 7) is 1.50. The molecular formula is C18H19N3O4. The molecule has 0 radical (unpaired) electrons. The number of methoxy groups -OCH3 is 1. The van der Waals surface area contributed by atoms with Gasteiger partial charge < -0.3 is 20.7 Å². The van der Waals surface area contributed by atoms with E-state index in [1.807, 2.05) is 0 Å². The fourth-order valence-corrected chi connectivity index (χ4v) is 2.07. The Morgan fingerprint density at radius 3 is 1.88 bits per heavy atom. The summed E-state index contributed by atoms with van der Waals surface area (Å²) < 4.78 is 4.62. The zero-order valence-corrected chi connectivity index (χ0v) is 14.0. The van der Waals surface area contributed by atoms with Gasteiger partial charge in [0.25, 0.3) is 0 Å². The number of rotatable bonds is 6. The van der Waals surface area contributed by atoms with Crippen LogP contribution >= 0.6 is 0 Å². The van der Waals surface area contributed by atoms with Gasteiger partial charge in [-0.3, -0.25) is 9.59 Å². The Morgan fingerprint density at radius 2 is 1.36 bits per heavy atom. The van der Waals surface area contributed by atoms with Crippen molar-refractivity contribution in [3.8, 4) is 0 Å². The van der Waals surface area contributed by atoms with Gasteiger partial charge in [0.15, 0.2) is 0 Å². The molecule has 0 saturated carbocycles. The van der Waals surface area contributed by atoms with Gasteiger partial charge in [-0.05, 0) is 48.5 Å². The molecule has 2 amide bonds. The van der Waals surface area contributed by atoms with Crippen molar-refractivity contribution in [3.63, 3.8) is 0 Å². The van der Waals surface area contributed by atoms with E-state index in [0.717, 1.165) is 0 Å². The lowest BCUT2D eigenvalue weighted by atomic mass is 10.2. The number of nitrogens with one attached hydrogen (secondary N) is 3. The van der Waals surface area contributed by atoms with E-state index >= 15 is 0 Å². The van der Waals surface area contributed by atoms with E-state index in [0.29, 0.717) is 22.6 Å². The Balaban J connectivity index is 1.84. The number of ether oxygens (including phenoxy) is 1. The van der Waals surface area contributed by atoms with Crippen LogP contribution in [-0.4, -0.2) is 31.4 Å². The first-order valence-corrected chi connectivity index (χ1v) is 7.57. The van der Waals surface area contributed by atoms with Gasteiger partial charge in [0.05, 0.1) is 19.2 Å². The standard InChI is InChI=1S/C18H19N3O4/c1-12(22)20-15-7-9-16(10-8-15)21-17(23)11-19-14-5-3-13(4-6-14)18(24)25-2/h3-10,19H,11H2,1-2H3,(H,20,22)(H,21,23). The molecule has 25 heavy (non-hydrogen) atoms. The molecule has 7 nitrogen and oxygen atoms in total. The van der Waals surface area contributed by atoms with Crippen molar-refractivity contribution in [2.75, 3.05) is 29.6 Å². The molecule has 0 aromatic heterocycles. The number of benzene rings is 2. The fourth-order valence-electron chi connectivity index (χ4n) is 2.07. The van der Waals surface area contributed by atoms with Gasteiger partial charge in [0.2, 0.25) is 11.8 Å². The van der Waals surface area contributed by atoms with Crippen LogP contribution in [-0.2, 0) is 14.3 Å². The first kappa shape index (κ1) is 18.0. The lowest BCUT2D eigenvalue weighted by molar-refractivity contribution is -0.115. The molecule has 0 aliphatic heterocycles. The molecule has 7 heteroatoms. The van der Waals surface area contributed by atoms with Crippen LogP contribution < -0.4 is 16.0 Å². The van der Waals surface area contributed by atoms with Crippen LogP contribution in [0, 0.1) is 0 Å². The summed E-state index contributed by atoms with van der Waals surface area (Å²) in [6.07, 6.45) is 0. The Labute approximate surface area is 145 Å². The Bertz CT molecular complexity index is 755. The third-order valence-corrected chi connectivity index (χ3v) is 3.25. The fraction of sp³-hybridized carbons (Fsp3) is 0.167. The summed E-state index contributed by atoms with van der Waals surface area (Å²) in [6, 6.07) is 13.4. The van der Waals surface area contributed by atoms with Gasteiger partial charge in [-0.25, -0.2) is 4.79 Å². The normalized spacial score (nSPS) is 9.84. The molecule has 2 rings (SSSR count). The second kappa shape index (κ2) is 8.49. The smallest absolute Gasteiger partial charge is 0.337 e. The zero-order valence-electron chi connectivity index (χ0n) is 14.0. The first-order valence-electron chi connectivity index (χ1n) is 7.57. The number of hydrogen-bond donors (Lipinski definition) is 3. The van der Waals surface area contributed by atoms with Crippen LogP contribution in [0.2, 0.25) is 0 Å². The first-order chi connectivity index (χ1) is 12.0. The van der Waals surface area contributed by atoms with Crippen LogP contribution in [0.15, 0.2) is 48.5 Å². The van der Waals surface area contributed by atoms with Crippen molar-refractivity contribution in [2.24, 2.45) is 0 Å². The summed E-state index contributed by atoms with van der Waals surface area (Å²) in [7, 11) is 1.32. The van der Waals surface area contributed by atoms with Crippen LogP contribution in [0.4, 0.5) is 17.1 Å². The topological polar surface area (TPSA) is 96.5 Å². The van der Waals surface area contributed by atoms with Gasteiger partial charge in [-0.15, -0.1) is 0 Å². The Hall–Kier alpha value is -3.35. The molecule has 0 unspecified atom stereocenters. The number of anilines is 3. The Morgan fingerprint density at radius 1 is 0.840 bits per heavy atom. The van der Waals surface area contributed by atoms with E-state index in [1.54, 1.807) is 48.5 Å². The minimum atomic E-state index is -0.410. The molecule has 0 fully saturated rings. The van der Waals surface area contributed by atoms with Crippen LogP contribution in [0.25, 0.3) is 0 Å². The van der Waals surface area contributed by atoms with Crippen molar-refractivity contribution >= 4 is 34.8 Å². The van der Waals surface area contributed by atoms with Crippen LogP contribution in [0.1, 0.15) is 17.3 Å². The molecule has 0 spiro atoms. The molecule has 3 N–H and O–H groups in total. The van der Waals surface area contributed by atoms with Gasteiger partial charge in [-0.2, -0.15) is 0 Å². The third-order valence-electron chi connectivity index (χ3n) is 3.25. The molecular weight excluding hydrogens is 322 g/mol. The van der Waals surface area contributed by atoms with Gasteiger partial charge in [0.1, 0.15) is 0 Å². The zero-order chi connectivity index (χ0) is 18.2. The van der Waals surface area contributed by atoms with E-state index in [-0.39, 0.29) is 18.4 Å². The highest BCUT2D eigenvalue weighted by atomic mass is 16.5. The number of amides is 2. The van der Waals surface area contributed by atoms with E-state index in [4.69, 9.17) is 0 Å². The van der Waals surface area contributed by atoms with Crippen molar-refractivity contribution < 1.29 is 19.1 Å². The summed E-state index contributed by atoms with van der Waals surface area (Å²) in [5, 5.41) is 8.36. The number of esters is 1. The molecule has 0 aliphatic carbocycles. The molecule has 0 heterocycles. The Kier molecular flexibility index (Phi) is 6.11. The second-order valence-electron chi connectivity index (χ2n) is 5.23. The number of carbonyl (C=O) groups excluding carboxylic acids is 3. The number of hydrogen-bond acceptors (Lipinski definition) is 5. The molecule has 130 valence electrons. The lowest BCUT2D eigenvalue weighted by Gasteiger charge is -2.09. The average molecular weight is 341 g/mol. The molecule has 0 saturated heterocycles. The SMILES string of the molecule is COC(=O)c1ccc(NCC(=O)Nc2ccc(NC(C)=O)cc2)cc1. The van der Waals surface area contributed by atoms with Crippen molar-refractivity contribution in [1.29, 1.82) is 0 Å². The van der Waals surface area contributed by atoms with Gasteiger partial charge >= 0.3 is 5.97 Å². The highest BCUT2D eigenvalue weighted by molar-refractivity contribution is 5.94. The minimum Gasteiger partial charge on any atom is -0.465 e. The van der Waals surface area contributed by atoms with Gasteiger partial charge in [-0.1, -0.05) is 0 Å². The monoisotopic (exact) mass is 341 g/mol. The van der Waals surface area contributed by atoms with Crippen LogP contribution in [0.5, 0.6) is 0 Å². The maximum absolute atomic E-state index is 12.0. The summed E-state index contributed by atoms with van der Waals surface area (Å²) in [5.41, 5.74) is 2.44. The van der Waals surface area contributed by atoms with E-state index in [9.17, 15) is 14.4 Å². The third kappa shape index (κ3) is 5.65.